The van der Waals surface area contributed by atoms with Gasteiger partial charge in [0.25, 0.3) is 0 Å². The number of methoxy groups -OCH3 is 1. The van der Waals surface area contributed by atoms with Gasteiger partial charge in [0.05, 0.1) is 12.0 Å². The molecule has 2 aliphatic rings. The van der Waals surface area contributed by atoms with Gasteiger partial charge in [-0.15, -0.1) is 0 Å². The topological polar surface area (TPSA) is 66.9 Å². The monoisotopic (exact) mass is 392 g/mol. The van der Waals surface area contributed by atoms with Gasteiger partial charge in [-0.05, 0) is 37.5 Å². The number of carbonyl (C=O) groups is 1. The molecule has 0 radical (unpaired) electrons. The summed E-state index contributed by atoms with van der Waals surface area (Å²) >= 11 is 11.9. The van der Waals surface area contributed by atoms with Crippen molar-refractivity contribution in [2.45, 2.75) is 29.8 Å². The van der Waals surface area contributed by atoms with Crippen molar-refractivity contribution in [3.8, 4) is 0 Å². The number of nitrogens with zero attached hydrogens (tertiary/aromatic N) is 2. The summed E-state index contributed by atoms with van der Waals surface area (Å²) in [5, 5.41) is 0.459. The minimum absolute atomic E-state index is 0.0179. The Morgan fingerprint density at radius 2 is 1.75 bits per heavy atom. The van der Waals surface area contributed by atoms with Crippen LogP contribution < -0.4 is 0 Å². The number of sulfonamides is 1. The van der Waals surface area contributed by atoms with E-state index in [9.17, 15) is 13.2 Å². The molecule has 2 heterocycles. The van der Waals surface area contributed by atoms with E-state index in [1.165, 1.54) is 29.6 Å². The number of carbonyl (C=O) groups excluding carboxylic acids is 1. The standard InChI is InChI=1S/C15H18Cl2N2O4S/c1-23-14(20)15(18-5-3-6-18)4-2-7-19(15)24(21,22)13-9-11(16)8-12(17)10-13/h8-10H,2-7H2,1H3. The van der Waals surface area contributed by atoms with Gasteiger partial charge in [-0.1, -0.05) is 23.2 Å². The molecular weight excluding hydrogens is 375 g/mol. The summed E-state index contributed by atoms with van der Waals surface area (Å²) in [6, 6.07) is 4.16. The SMILES string of the molecule is COC(=O)C1(N2CCC2)CCCN1S(=O)(=O)c1cc(Cl)cc(Cl)c1. The van der Waals surface area contributed by atoms with Gasteiger partial charge < -0.3 is 4.74 Å². The van der Waals surface area contributed by atoms with Crippen molar-refractivity contribution in [3.63, 3.8) is 0 Å². The first kappa shape index (κ1) is 17.9. The summed E-state index contributed by atoms with van der Waals surface area (Å²) in [6.45, 7) is 1.58. The molecule has 132 valence electrons. The van der Waals surface area contributed by atoms with Gasteiger partial charge in [0.1, 0.15) is 0 Å². The first-order valence-electron chi connectivity index (χ1n) is 7.65. The van der Waals surface area contributed by atoms with Crippen molar-refractivity contribution in [3.05, 3.63) is 28.2 Å². The lowest BCUT2D eigenvalue weighted by Crippen LogP contribution is -2.67. The van der Waals surface area contributed by atoms with E-state index in [1.54, 1.807) is 0 Å². The summed E-state index contributed by atoms with van der Waals surface area (Å²) in [6.07, 6.45) is 1.92. The van der Waals surface area contributed by atoms with Gasteiger partial charge in [-0.2, -0.15) is 4.31 Å². The van der Waals surface area contributed by atoms with Crippen LogP contribution in [0.25, 0.3) is 0 Å². The fraction of sp³-hybridized carbons (Fsp3) is 0.533. The minimum atomic E-state index is -3.95. The third-order valence-electron chi connectivity index (χ3n) is 4.61. The number of benzene rings is 1. The van der Waals surface area contributed by atoms with E-state index in [4.69, 9.17) is 27.9 Å². The summed E-state index contributed by atoms with van der Waals surface area (Å²) in [5.41, 5.74) is -1.28. The highest BCUT2D eigenvalue weighted by molar-refractivity contribution is 7.89. The zero-order valence-corrected chi connectivity index (χ0v) is 15.5. The summed E-state index contributed by atoms with van der Waals surface area (Å²) in [4.78, 5) is 14.4. The van der Waals surface area contributed by atoms with E-state index in [1.807, 2.05) is 4.90 Å². The molecule has 2 fully saturated rings. The molecule has 6 nitrogen and oxygen atoms in total. The van der Waals surface area contributed by atoms with Crippen LogP contribution in [0.2, 0.25) is 10.0 Å². The Morgan fingerprint density at radius 3 is 2.25 bits per heavy atom. The molecule has 1 unspecified atom stereocenters. The summed E-state index contributed by atoms with van der Waals surface area (Å²) in [7, 11) is -2.66. The van der Waals surface area contributed by atoms with Gasteiger partial charge in [-0.3, -0.25) is 4.90 Å². The average molecular weight is 393 g/mol. The molecule has 24 heavy (non-hydrogen) atoms. The Hall–Kier alpha value is -0.860. The first-order chi connectivity index (χ1) is 11.3. The normalized spacial score (nSPS) is 25.5. The molecule has 2 saturated heterocycles. The molecule has 9 heteroatoms. The van der Waals surface area contributed by atoms with Crippen LogP contribution in [0.15, 0.2) is 23.1 Å². The Kier molecular flexibility index (Phi) is 4.83. The van der Waals surface area contributed by atoms with Gasteiger partial charge in [0.2, 0.25) is 10.0 Å². The molecule has 0 amide bonds. The third kappa shape index (κ3) is 2.72. The Balaban J connectivity index is 2.09. The maximum atomic E-state index is 13.2. The molecule has 0 aliphatic carbocycles. The maximum absolute atomic E-state index is 13.2. The number of halogens is 2. The lowest BCUT2D eigenvalue weighted by Gasteiger charge is -2.48. The molecule has 0 N–H and O–H groups in total. The van der Waals surface area contributed by atoms with E-state index in [-0.39, 0.29) is 21.5 Å². The molecule has 0 spiro atoms. The fourth-order valence-electron chi connectivity index (χ4n) is 3.40. The molecule has 1 atom stereocenters. The van der Waals surface area contributed by atoms with Gasteiger partial charge in [-0.25, -0.2) is 13.2 Å². The predicted molar refractivity (Wildman–Crippen MR) is 90.5 cm³/mol. The van der Waals surface area contributed by atoms with Crippen LogP contribution >= 0.6 is 23.2 Å². The fourth-order valence-corrected chi connectivity index (χ4v) is 5.91. The Bertz CT molecular complexity index is 746. The molecule has 0 aromatic heterocycles. The van der Waals surface area contributed by atoms with Crippen molar-refractivity contribution in [1.29, 1.82) is 0 Å². The highest BCUT2D eigenvalue weighted by Crippen LogP contribution is 2.41. The van der Waals surface area contributed by atoms with Crippen molar-refractivity contribution in [2.24, 2.45) is 0 Å². The Morgan fingerprint density at radius 1 is 1.12 bits per heavy atom. The van der Waals surface area contributed by atoms with E-state index in [2.05, 4.69) is 0 Å². The number of hydrogen-bond acceptors (Lipinski definition) is 5. The molecular formula is C15H18Cl2N2O4S. The first-order valence-corrected chi connectivity index (χ1v) is 9.84. The Labute approximate surface area is 151 Å². The van der Waals surface area contributed by atoms with Crippen LogP contribution in [0.4, 0.5) is 0 Å². The van der Waals surface area contributed by atoms with E-state index >= 15 is 0 Å². The average Bonchev–Trinajstić information content (AvgIpc) is 2.89. The summed E-state index contributed by atoms with van der Waals surface area (Å²) in [5.74, 6) is -0.545. The molecule has 3 rings (SSSR count). The van der Waals surface area contributed by atoms with Crippen molar-refractivity contribution in [2.75, 3.05) is 26.7 Å². The number of rotatable bonds is 4. The van der Waals surface area contributed by atoms with Crippen LogP contribution in [0.3, 0.4) is 0 Å². The third-order valence-corrected chi connectivity index (χ3v) is 6.95. The zero-order valence-electron chi connectivity index (χ0n) is 13.2. The molecule has 1 aromatic rings. The number of esters is 1. The lowest BCUT2D eigenvalue weighted by molar-refractivity contribution is -0.167. The van der Waals surface area contributed by atoms with Crippen LogP contribution in [0.1, 0.15) is 19.3 Å². The van der Waals surface area contributed by atoms with Crippen molar-refractivity contribution in [1.82, 2.24) is 9.21 Å². The molecule has 0 saturated carbocycles. The van der Waals surface area contributed by atoms with Crippen LogP contribution in [-0.4, -0.2) is 56.0 Å². The summed E-state index contributed by atoms with van der Waals surface area (Å²) < 4.78 is 32.6. The number of ether oxygens (including phenoxy) is 1. The van der Waals surface area contributed by atoms with E-state index < -0.39 is 21.7 Å². The van der Waals surface area contributed by atoms with Crippen LogP contribution in [-0.2, 0) is 19.6 Å². The van der Waals surface area contributed by atoms with Crippen molar-refractivity contribution < 1.29 is 17.9 Å². The predicted octanol–water partition coefficient (Wildman–Crippen LogP) is 2.35. The number of likely N-dealkylation sites (tertiary alicyclic amines) is 1. The largest absolute Gasteiger partial charge is 0.467 e. The molecule has 1 aromatic carbocycles. The highest BCUT2D eigenvalue weighted by Gasteiger charge is 2.58. The quantitative estimate of drug-likeness (QED) is 0.735. The molecule has 0 bridgehead atoms. The highest BCUT2D eigenvalue weighted by atomic mass is 35.5. The van der Waals surface area contributed by atoms with Gasteiger partial charge in [0, 0.05) is 29.7 Å². The van der Waals surface area contributed by atoms with E-state index in [0.717, 1.165) is 6.42 Å². The van der Waals surface area contributed by atoms with Gasteiger partial charge >= 0.3 is 5.97 Å². The minimum Gasteiger partial charge on any atom is -0.467 e. The van der Waals surface area contributed by atoms with Crippen molar-refractivity contribution >= 4 is 39.2 Å². The van der Waals surface area contributed by atoms with Crippen LogP contribution in [0, 0.1) is 0 Å². The van der Waals surface area contributed by atoms with Crippen LogP contribution in [0.5, 0.6) is 0 Å². The molecule has 2 aliphatic heterocycles. The second-order valence-corrected chi connectivity index (χ2v) is 8.67. The maximum Gasteiger partial charge on any atom is 0.342 e. The smallest absolute Gasteiger partial charge is 0.342 e. The lowest BCUT2D eigenvalue weighted by atomic mass is 10.0. The number of hydrogen-bond donors (Lipinski definition) is 0. The second kappa shape index (κ2) is 6.46. The van der Waals surface area contributed by atoms with E-state index in [0.29, 0.717) is 25.9 Å². The van der Waals surface area contributed by atoms with Gasteiger partial charge in [0.15, 0.2) is 5.66 Å². The second-order valence-electron chi connectivity index (χ2n) is 5.93. The zero-order chi connectivity index (χ0) is 17.5.